The zero-order valence-corrected chi connectivity index (χ0v) is 20.1. The molecule has 0 saturated heterocycles. The number of nitrogens with zero attached hydrogens (tertiary/aromatic N) is 1. The summed E-state index contributed by atoms with van der Waals surface area (Å²) in [5.41, 5.74) is 9.93. The minimum atomic E-state index is 1.17. The normalized spacial score (nSPS) is 11.5. The van der Waals surface area contributed by atoms with Gasteiger partial charge < -0.3 is 4.57 Å². The average molecular weight is 460 g/mol. The van der Waals surface area contributed by atoms with Crippen LogP contribution in [-0.2, 0) is 0 Å². The lowest BCUT2D eigenvalue weighted by Gasteiger charge is -2.15. The molecular weight excluding hydrogens is 434 g/mol. The van der Waals surface area contributed by atoms with E-state index in [2.05, 4.69) is 145 Å². The Balaban J connectivity index is 1.68. The molecule has 170 valence electrons. The highest BCUT2D eigenvalue weighted by molar-refractivity contribution is 6.18. The SMILES string of the molecule is Cc1cccc(-c2cccc3c4cccc(-c5cccc6ccccc56)c4n(-c4ccccc4)c23)c1. The van der Waals surface area contributed by atoms with Gasteiger partial charge in [-0.2, -0.15) is 0 Å². The summed E-state index contributed by atoms with van der Waals surface area (Å²) < 4.78 is 2.47. The van der Waals surface area contributed by atoms with E-state index in [-0.39, 0.29) is 0 Å². The molecule has 1 aromatic heterocycles. The van der Waals surface area contributed by atoms with Crippen molar-refractivity contribution in [3.8, 4) is 27.9 Å². The molecule has 1 heteroatoms. The molecule has 0 aliphatic heterocycles. The van der Waals surface area contributed by atoms with E-state index in [0.717, 1.165) is 0 Å². The summed E-state index contributed by atoms with van der Waals surface area (Å²) in [5, 5.41) is 5.08. The Hall–Kier alpha value is -4.62. The molecule has 0 amide bonds. The number of rotatable bonds is 3. The molecule has 0 atom stereocenters. The highest BCUT2D eigenvalue weighted by atomic mass is 15.0. The molecule has 0 aliphatic rings. The van der Waals surface area contributed by atoms with Gasteiger partial charge in [0, 0.05) is 27.6 Å². The maximum absolute atomic E-state index is 2.47. The van der Waals surface area contributed by atoms with Crippen molar-refractivity contribution in [3.05, 3.63) is 139 Å². The van der Waals surface area contributed by atoms with Crippen molar-refractivity contribution in [2.24, 2.45) is 0 Å². The number of fused-ring (bicyclic) bond motifs is 4. The quantitative estimate of drug-likeness (QED) is 0.248. The summed E-state index contributed by atoms with van der Waals surface area (Å²) in [6, 6.07) is 48.4. The van der Waals surface area contributed by atoms with Crippen molar-refractivity contribution in [3.63, 3.8) is 0 Å². The molecule has 0 radical (unpaired) electrons. The van der Waals surface area contributed by atoms with E-state index >= 15 is 0 Å². The van der Waals surface area contributed by atoms with Gasteiger partial charge in [-0.05, 0) is 41.0 Å². The highest BCUT2D eigenvalue weighted by Crippen LogP contribution is 2.43. The molecule has 0 unspecified atom stereocenters. The monoisotopic (exact) mass is 459 g/mol. The van der Waals surface area contributed by atoms with Crippen LogP contribution in [0.3, 0.4) is 0 Å². The summed E-state index contributed by atoms with van der Waals surface area (Å²) >= 11 is 0. The summed E-state index contributed by atoms with van der Waals surface area (Å²) in [5.74, 6) is 0. The summed E-state index contributed by atoms with van der Waals surface area (Å²) in [4.78, 5) is 0. The molecule has 0 bridgehead atoms. The smallest absolute Gasteiger partial charge is 0.0619 e. The molecule has 0 fully saturated rings. The van der Waals surface area contributed by atoms with Crippen LogP contribution in [0.2, 0.25) is 0 Å². The van der Waals surface area contributed by atoms with Gasteiger partial charge >= 0.3 is 0 Å². The van der Waals surface area contributed by atoms with Gasteiger partial charge in [0.25, 0.3) is 0 Å². The molecule has 7 rings (SSSR count). The fourth-order valence-electron chi connectivity index (χ4n) is 5.67. The van der Waals surface area contributed by atoms with Crippen LogP contribution >= 0.6 is 0 Å². The van der Waals surface area contributed by atoms with Gasteiger partial charge in [0.1, 0.15) is 0 Å². The first-order valence-electron chi connectivity index (χ1n) is 12.5. The fraction of sp³-hybridized carbons (Fsp3) is 0.0286. The first-order chi connectivity index (χ1) is 17.8. The predicted molar refractivity (Wildman–Crippen MR) is 154 cm³/mol. The Morgan fingerprint density at radius 3 is 1.83 bits per heavy atom. The van der Waals surface area contributed by atoms with Crippen molar-refractivity contribution >= 4 is 32.6 Å². The Kier molecular flexibility index (Phi) is 4.75. The number of benzene rings is 6. The molecule has 7 aromatic rings. The minimum absolute atomic E-state index is 1.17. The van der Waals surface area contributed by atoms with Crippen LogP contribution < -0.4 is 0 Å². The van der Waals surface area contributed by atoms with E-state index in [1.165, 1.54) is 66.1 Å². The van der Waals surface area contributed by atoms with Crippen molar-refractivity contribution in [2.45, 2.75) is 6.92 Å². The molecule has 0 aliphatic carbocycles. The van der Waals surface area contributed by atoms with Crippen LogP contribution in [0, 0.1) is 6.92 Å². The van der Waals surface area contributed by atoms with Gasteiger partial charge in [0.2, 0.25) is 0 Å². The Labute approximate surface area is 210 Å². The zero-order valence-electron chi connectivity index (χ0n) is 20.1. The van der Waals surface area contributed by atoms with E-state index in [1.54, 1.807) is 0 Å². The second kappa shape index (κ2) is 8.25. The van der Waals surface area contributed by atoms with Gasteiger partial charge in [0.05, 0.1) is 11.0 Å². The maximum atomic E-state index is 2.47. The van der Waals surface area contributed by atoms with Gasteiger partial charge in [-0.1, -0.05) is 127 Å². The predicted octanol–water partition coefficient (Wildman–Crippen LogP) is 9.58. The Morgan fingerprint density at radius 1 is 0.444 bits per heavy atom. The summed E-state index contributed by atoms with van der Waals surface area (Å²) in [6.45, 7) is 2.16. The van der Waals surface area contributed by atoms with Crippen LogP contribution in [-0.4, -0.2) is 4.57 Å². The van der Waals surface area contributed by atoms with Crippen molar-refractivity contribution in [1.82, 2.24) is 4.57 Å². The Morgan fingerprint density at radius 2 is 1.03 bits per heavy atom. The lowest BCUT2D eigenvalue weighted by Crippen LogP contribution is -1.97. The van der Waals surface area contributed by atoms with Crippen LogP contribution in [0.15, 0.2) is 133 Å². The van der Waals surface area contributed by atoms with E-state index in [1.807, 2.05) is 0 Å². The number of hydrogen-bond donors (Lipinski definition) is 0. The van der Waals surface area contributed by atoms with Crippen LogP contribution in [0.1, 0.15) is 5.56 Å². The van der Waals surface area contributed by atoms with Crippen molar-refractivity contribution in [1.29, 1.82) is 0 Å². The number of hydrogen-bond acceptors (Lipinski definition) is 0. The van der Waals surface area contributed by atoms with Crippen LogP contribution in [0.4, 0.5) is 0 Å². The summed E-state index contributed by atoms with van der Waals surface area (Å²) in [7, 11) is 0. The minimum Gasteiger partial charge on any atom is -0.308 e. The lowest BCUT2D eigenvalue weighted by molar-refractivity contribution is 1.18. The van der Waals surface area contributed by atoms with E-state index in [0.29, 0.717) is 0 Å². The van der Waals surface area contributed by atoms with Gasteiger partial charge in [-0.3, -0.25) is 0 Å². The topological polar surface area (TPSA) is 4.93 Å². The molecule has 1 nitrogen and oxygen atoms in total. The molecule has 0 spiro atoms. The third kappa shape index (κ3) is 3.17. The fourth-order valence-corrected chi connectivity index (χ4v) is 5.67. The molecule has 0 N–H and O–H groups in total. The average Bonchev–Trinajstić information content (AvgIpc) is 3.28. The molecule has 36 heavy (non-hydrogen) atoms. The van der Waals surface area contributed by atoms with Gasteiger partial charge in [-0.15, -0.1) is 0 Å². The highest BCUT2D eigenvalue weighted by Gasteiger charge is 2.20. The molecular formula is C35H25N. The van der Waals surface area contributed by atoms with E-state index in [9.17, 15) is 0 Å². The molecule has 1 heterocycles. The second-order valence-electron chi connectivity index (χ2n) is 9.47. The Bertz CT molecular complexity index is 1880. The van der Waals surface area contributed by atoms with Crippen molar-refractivity contribution < 1.29 is 0 Å². The third-order valence-corrected chi connectivity index (χ3v) is 7.23. The van der Waals surface area contributed by atoms with E-state index in [4.69, 9.17) is 0 Å². The molecule has 0 saturated carbocycles. The number of aryl methyl sites for hydroxylation is 1. The standard InChI is InChI=1S/C35H25N/c1-24-11-7-14-26(23-24)29-18-9-21-32-33-22-10-20-31(30-19-8-13-25-12-5-6-17-28(25)30)35(33)36(34(29)32)27-15-3-2-4-16-27/h2-23H,1H3. The first kappa shape index (κ1) is 20.7. The first-order valence-corrected chi connectivity index (χ1v) is 12.5. The van der Waals surface area contributed by atoms with E-state index < -0.39 is 0 Å². The second-order valence-corrected chi connectivity index (χ2v) is 9.47. The zero-order chi connectivity index (χ0) is 24.1. The molecule has 6 aromatic carbocycles. The number of para-hydroxylation sites is 3. The maximum Gasteiger partial charge on any atom is 0.0619 e. The van der Waals surface area contributed by atoms with Gasteiger partial charge in [0.15, 0.2) is 0 Å². The van der Waals surface area contributed by atoms with Crippen LogP contribution in [0.25, 0.3) is 60.5 Å². The summed E-state index contributed by atoms with van der Waals surface area (Å²) in [6.07, 6.45) is 0. The largest absolute Gasteiger partial charge is 0.308 e. The van der Waals surface area contributed by atoms with Crippen molar-refractivity contribution in [2.75, 3.05) is 0 Å². The van der Waals surface area contributed by atoms with Gasteiger partial charge in [-0.25, -0.2) is 0 Å². The number of aromatic nitrogens is 1. The van der Waals surface area contributed by atoms with Crippen LogP contribution in [0.5, 0.6) is 0 Å². The lowest BCUT2D eigenvalue weighted by atomic mass is 9.96. The third-order valence-electron chi connectivity index (χ3n) is 7.23.